The summed E-state index contributed by atoms with van der Waals surface area (Å²) in [7, 11) is -5.05. The smallest absolute Gasteiger partial charge is 0.481 e. The third-order valence-electron chi connectivity index (χ3n) is 14.3. The Morgan fingerprint density at radius 2 is 0.988 bits per heavy atom. The zero-order valence-electron chi connectivity index (χ0n) is 46.5. The highest BCUT2D eigenvalue weighted by molar-refractivity contribution is 7.46. The number of likely N-dealkylation sites (tertiary alicyclic amines) is 2. The van der Waals surface area contributed by atoms with Gasteiger partial charge >= 0.3 is 31.7 Å². The molecule has 462 valence electrons. The van der Waals surface area contributed by atoms with Crippen LogP contribution in [0.3, 0.4) is 0 Å². The number of benzene rings is 1. The summed E-state index contributed by atoms with van der Waals surface area (Å²) in [5.74, 6) is -15.6. The fraction of sp³-hybridized carbons (Fsp3) is 0.627. The predicted octanol–water partition coefficient (Wildman–Crippen LogP) is -2.04. The number of nitrogens with two attached hydrogens (primary N) is 2. The molecule has 2 heterocycles. The van der Waals surface area contributed by atoms with Gasteiger partial charge in [0.25, 0.3) is 0 Å². The van der Waals surface area contributed by atoms with E-state index in [1.165, 1.54) is 17.0 Å². The number of primary amides is 1. The lowest BCUT2D eigenvalue weighted by atomic mass is 9.96. The molecule has 0 spiro atoms. The molecule has 0 unspecified atom stereocenters. The molecule has 1 aromatic carbocycles. The van der Waals surface area contributed by atoms with Gasteiger partial charge in [0.05, 0.1) is 6.04 Å². The van der Waals surface area contributed by atoms with Gasteiger partial charge < -0.3 is 78.1 Å². The van der Waals surface area contributed by atoms with E-state index in [9.17, 15) is 92.0 Å². The second-order valence-electron chi connectivity index (χ2n) is 20.5. The van der Waals surface area contributed by atoms with Crippen LogP contribution in [0.25, 0.3) is 0 Å². The molecule has 83 heavy (non-hydrogen) atoms. The molecule has 0 aromatic heterocycles. The Kier molecular flexibility index (Phi) is 27.4. The Morgan fingerprint density at radius 3 is 1.45 bits per heavy atom. The van der Waals surface area contributed by atoms with E-state index < -0.39 is 202 Å². The molecule has 0 bridgehead atoms. The number of phosphoric ester groups is 1. The number of nitrogens with zero attached hydrogens (tertiary/aromatic N) is 2. The van der Waals surface area contributed by atoms with Crippen molar-refractivity contribution in [2.45, 2.75) is 178 Å². The van der Waals surface area contributed by atoms with Crippen LogP contribution in [0.4, 0.5) is 0 Å². The summed E-state index contributed by atoms with van der Waals surface area (Å²) in [5, 5.41) is 52.9. The van der Waals surface area contributed by atoms with Crippen LogP contribution in [0.15, 0.2) is 24.3 Å². The molecule has 2 saturated heterocycles. The third kappa shape index (κ3) is 22.5. The summed E-state index contributed by atoms with van der Waals surface area (Å²) in [4.78, 5) is 192. The molecule has 2 fully saturated rings. The highest BCUT2D eigenvalue weighted by Gasteiger charge is 2.43. The number of rotatable bonds is 35. The molecule has 31 nitrogen and oxygen atoms in total. The van der Waals surface area contributed by atoms with Crippen molar-refractivity contribution in [1.29, 1.82) is 0 Å². The van der Waals surface area contributed by atoms with Gasteiger partial charge in [-0.2, -0.15) is 0 Å². The summed E-state index contributed by atoms with van der Waals surface area (Å²) >= 11 is 0. The maximum atomic E-state index is 14.5. The number of aliphatic carboxylic acids is 4. The second-order valence-corrected chi connectivity index (χ2v) is 21.7. The number of carboxylic acid groups (broad SMARTS) is 4. The van der Waals surface area contributed by atoms with Crippen molar-refractivity contribution in [3.05, 3.63) is 29.8 Å². The van der Waals surface area contributed by atoms with Crippen LogP contribution >= 0.6 is 7.82 Å². The van der Waals surface area contributed by atoms with Crippen LogP contribution in [0.5, 0.6) is 5.75 Å². The van der Waals surface area contributed by atoms with Gasteiger partial charge in [0.2, 0.25) is 53.2 Å². The third-order valence-corrected chi connectivity index (χ3v) is 14.8. The van der Waals surface area contributed by atoms with Crippen LogP contribution in [-0.4, -0.2) is 185 Å². The molecular formula is C51H77N10O21P. The van der Waals surface area contributed by atoms with Gasteiger partial charge in [0.15, 0.2) is 0 Å². The Morgan fingerprint density at radius 1 is 0.578 bits per heavy atom. The van der Waals surface area contributed by atoms with Gasteiger partial charge in [-0.25, -0.2) is 9.36 Å². The molecule has 0 radical (unpaired) electrons. The maximum absolute atomic E-state index is 14.5. The lowest BCUT2D eigenvalue weighted by Gasteiger charge is -2.33. The number of carbonyl (C=O) groups is 13. The fourth-order valence-corrected chi connectivity index (χ4v) is 9.65. The lowest BCUT2D eigenvalue weighted by Crippen LogP contribution is -2.61. The topological polar surface area (TPSA) is 500 Å². The molecule has 0 aliphatic carbocycles. The van der Waals surface area contributed by atoms with Crippen molar-refractivity contribution in [2.24, 2.45) is 23.3 Å². The first-order chi connectivity index (χ1) is 38.9. The molecule has 11 atom stereocenters. The monoisotopic (exact) mass is 1200 g/mol. The first-order valence-corrected chi connectivity index (χ1v) is 28.6. The molecule has 9 amide bonds. The van der Waals surface area contributed by atoms with E-state index in [-0.39, 0.29) is 50.1 Å². The average molecular weight is 1200 g/mol. The number of nitrogens with one attached hydrogen (secondary N) is 6. The molecule has 32 heteroatoms. The Hall–Kier alpha value is -7.76. The van der Waals surface area contributed by atoms with Crippen molar-refractivity contribution >= 4 is 84.9 Å². The number of hydrogen-bond donors (Lipinski definition) is 14. The van der Waals surface area contributed by atoms with E-state index in [2.05, 4.69) is 36.4 Å². The Balaban J connectivity index is 2.01. The summed E-state index contributed by atoms with van der Waals surface area (Å²) in [5.41, 5.74) is 11.5. The highest BCUT2D eigenvalue weighted by atomic mass is 31.2. The van der Waals surface area contributed by atoms with Crippen LogP contribution in [0.2, 0.25) is 0 Å². The zero-order valence-corrected chi connectivity index (χ0v) is 47.4. The van der Waals surface area contributed by atoms with Crippen molar-refractivity contribution in [3.8, 4) is 5.75 Å². The van der Waals surface area contributed by atoms with Crippen LogP contribution in [0, 0.1) is 11.8 Å². The van der Waals surface area contributed by atoms with Gasteiger partial charge in [0, 0.05) is 45.2 Å². The van der Waals surface area contributed by atoms with E-state index in [0.717, 1.165) is 17.0 Å². The minimum Gasteiger partial charge on any atom is -0.481 e. The lowest BCUT2D eigenvalue weighted by molar-refractivity contribution is -0.146. The van der Waals surface area contributed by atoms with E-state index in [1.54, 1.807) is 27.7 Å². The van der Waals surface area contributed by atoms with Gasteiger partial charge in [-0.05, 0) is 80.9 Å². The van der Waals surface area contributed by atoms with Crippen molar-refractivity contribution < 1.29 is 102 Å². The zero-order chi connectivity index (χ0) is 62.5. The number of amides is 9. The van der Waals surface area contributed by atoms with Crippen molar-refractivity contribution in [3.63, 3.8) is 0 Å². The standard InChI is InChI=1S/C51H77N10O21P/c1-5-26(3)41(50(76)61-24-8-10-36(61)48(74)59-42(51(77)78)27(4)6-2)58-45(71)33(18-22-40(67)68)54-43(69)32(17-21-39(65)66)55-46(72)34(25-28-11-13-29(14-12-28)82-83(79,80)81)57-44(70)31(16-19-37(53)62)56-47(73)35-9-7-23-60(35)49(75)30(52)15-20-38(63)64/h11-14,26-27,30-36,41-42H,5-10,15-25,52H2,1-4H3,(H2,53,62)(H,54,69)(H,55,72)(H,56,73)(H,57,70)(H,58,71)(H,59,74)(H,63,64)(H,65,66)(H,67,68)(H,77,78)(H2,79,80,81)/t26-,27-,30-,31-,32-,33-,34-,35-,36-,41-,42-/m0/s1. The molecule has 2 aliphatic rings. The second kappa shape index (κ2) is 32.8. The summed E-state index contributed by atoms with van der Waals surface area (Å²) < 4.78 is 16.1. The molecule has 3 rings (SSSR count). The number of carboxylic acids is 4. The minimum atomic E-state index is -5.05. The fourth-order valence-electron chi connectivity index (χ4n) is 9.25. The summed E-state index contributed by atoms with van der Waals surface area (Å²) in [6.45, 7) is 6.75. The molecule has 2 aliphatic heterocycles. The normalized spacial score (nSPS) is 18.3. The minimum absolute atomic E-state index is 0.0360. The quantitative estimate of drug-likeness (QED) is 0.0326. The molecule has 16 N–H and O–H groups in total. The predicted molar refractivity (Wildman–Crippen MR) is 287 cm³/mol. The van der Waals surface area contributed by atoms with Gasteiger partial charge in [-0.1, -0.05) is 52.7 Å². The Labute approximate surface area is 477 Å². The average Bonchev–Trinajstić information content (AvgIpc) is 4.31. The Bertz CT molecular complexity index is 2580. The molecule has 0 saturated carbocycles. The number of hydrogen-bond acceptors (Lipinski definition) is 16. The molecular weight excluding hydrogens is 1120 g/mol. The van der Waals surface area contributed by atoms with Crippen molar-refractivity contribution in [2.75, 3.05) is 13.1 Å². The van der Waals surface area contributed by atoms with Crippen LogP contribution in [0.1, 0.15) is 123 Å². The van der Waals surface area contributed by atoms with E-state index in [4.69, 9.17) is 16.6 Å². The first kappa shape index (κ1) is 69.5. The van der Waals surface area contributed by atoms with Gasteiger partial charge in [-0.3, -0.25) is 67.3 Å². The van der Waals surface area contributed by atoms with Gasteiger partial charge in [0.1, 0.15) is 54.1 Å². The largest absolute Gasteiger partial charge is 0.524 e. The first-order valence-electron chi connectivity index (χ1n) is 27.1. The van der Waals surface area contributed by atoms with E-state index in [0.29, 0.717) is 19.3 Å². The van der Waals surface area contributed by atoms with Crippen molar-refractivity contribution in [1.82, 2.24) is 41.7 Å². The number of carbonyl (C=O) groups excluding carboxylic acids is 9. The highest BCUT2D eigenvalue weighted by Crippen LogP contribution is 2.37. The van der Waals surface area contributed by atoms with Crippen LogP contribution in [-0.2, 0) is 73.3 Å². The van der Waals surface area contributed by atoms with Crippen LogP contribution < -0.4 is 47.9 Å². The van der Waals surface area contributed by atoms with E-state index in [1.807, 2.05) is 0 Å². The summed E-state index contributed by atoms with van der Waals surface area (Å²) in [6.07, 6.45) is -3.59. The SMILES string of the molecule is CC[C@H](C)[C@H](NC(=O)[C@@H]1CCCN1C(=O)[C@@H](NC(=O)[C@H](CCC(=O)O)NC(=O)[C@H](CCC(=O)O)NC(=O)[C@H](Cc1ccc(OP(=O)(O)O)cc1)NC(=O)[C@H](CCC(N)=O)NC(=O)[C@@H]1CCCN1C(=O)[C@@H](N)CCC(=O)O)[C@@H](C)CC)C(=O)O. The number of phosphoric acid groups is 1. The maximum Gasteiger partial charge on any atom is 0.524 e. The van der Waals surface area contributed by atoms with E-state index >= 15 is 0 Å². The molecule has 1 aromatic rings. The summed E-state index contributed by atoms with van der Waals surface area (Å²) in [6, 6.07) is -8.84. The van der Waals surface area contributed by atoms with Gasteiger partial charge in [-0.15, -0.1) is 0 Å².